The van der Waals surface area contributed by atoms with Crippen molar-refractivity contribution < 1.29 is 0 Å². The average molecular weight is 452 g/mol. The minimum absolute atomic E-state index is 0.140. The van der Waals surface area contributed by atoms with Crippen LogP contribution in [0.25, 0.3) is 16.6 Å². The van der Waals surface area contributed by atoms with Crippen LogP contribution in [0.15, 0.2) is 41.7 Å². The van der Waals surface area contributed by atoms with Crippen LogP contribution in [0.4, 0.5) is 5.82 Å². The monoisotopic (exact) mass is 451 g/mol. The molecule has 1 aliphatic heterocycles. The second kappa shape index (κ2) is 7.72. The van der Waals surface area contributed by atoms with Crippen molar-refractivity contribution in [1.82, 2.24) is 34.6 Å². The molecule has 0 spiro atoms. The first-order chi connectivity index (χ1) is 15.7. The van der Waals surface area contributed by atoms with E-state index < -0.39 is 0 Å². The summed E-state index contributed by atoms with van der Waals surface area (Å²) in [6.07, 6.45) is 7.07. The van der Waals surface area contributed by atoms with E-state index in [-0.39, 0.29) is 11.6 Å². The van der Waals surface area contributed by atoms with Gasteiger partial charge in [0.05, 0.1) is 22.0 Å². The largest absolute Gasteiger partial charge is 0.357 e. The van der Waals surface area contributed by atoms with Crippen LogP contribution >= 0.6 is 11.6 Å². The quantitative estimate of drug-likeness (QED) is 0.471. The lowest BCUT2D eigenvalue weighted by atomic mass is 10.1. The summed E-state index contributed by atoms with van der Waals surface area (Å²) in [5, 5.41) is 14.0. The van der Waals surface area contributed by atoms with Crippen molar-refractivity contribution in [1.29, 1.82) is 0 Å². The molecular formula is C21H22ClN9O. The summed E-state index contributed by atoms with van der Waals surface area (Å²) in [6, 6.07) is 5.21. The number of fused-ring (bicyclic) bond motifs is 2. The molecular weight excluding hydrogens is 430 g/mol. The van der Waals surface area contributed by atoms with Crippen LogP contribution in [-0.2, 0) is 0 Å². The number of anilines is 1. The summed E-state index contributed by atoms with van der Waals surface area (Å²) in [5.74, 6) is 1.64. The fourth-order valence-electron chi connectivity index (χ4n) is 4.35. The van der Waals surface area contributed by atoms with E-state index in [0.717, 1.165) is 25.9 Å². The number of nitrogens with one attached hydrogen (secondary N) is 2. The highest BCUT2D eigenvalue weighted by Crippen LogP contribution is 2.42. The average Bonchev–Trinajstić information content (AvgIpc) is 3.53. The maximum absolute atomic E-state index is 13.7. The molecule has 32 heavy (non-hydrogen) atoms. The van der Waals surface area contributed by atoms with E-state index in [9.17, 15) is 4.79 Å². The molecule has 1 aromatic carbocycles. The zero-order valence-electron chi connectivity index (χ0n) is 17.3. The van der Waals surface area contributed by atoms with Crippen LogP contribution in [0.5, 0.6) is 0 Å². The summed E-state index contributed by atoms with van der Waals surface area (Å²) in [7, 11) is 0. The van der Waals surface area contributed by atoms with Crippen LogP contribution in [0.2, 0.25) is 5.02 Å². The zero-order chi connectivity index (χ0) is 21.7. The van der Waals surface area contributed by atoms with Crippen molar-refractivity contribution in [3.8, 4) is 0 Å². The van der Waals surface area contributed by atoms with Gasteiger partial charge in [0.1, 0.15) is 6.33 Å². The van der Waals surface area contributed by atoms with Crippen LogP contribution < -0.4 is 21.2 Å². The molecule has 2 aliphatic rings. The Hall–Kier alpha value is -3.24. The van der Waals surface area contributed by atoms with Gasteiger partial charge in [0.2, 0.25) is 0 Å². The van der Waals surface area contributed by atoms with Gasteiger partial charge in [0.25, 0.3) is 5.56 Å². The lowest BCUT2D eigenvalue weighted by Gasteiger charge is -2.34. The Bertz CT molecular complexity index is 1360. The van der Waals surface area contributed by atoms with Crippen molar-refractivity contribution in [2.24, 2.45) is 5.92 Å². The number of aromatic nitrogens is 6. The number of benzene rings is 1. The molecule has 1 saturated carbocycles. The fraction of sp³-hybridized carbons (Fsp3) is 0.381. The van der Waals surface area contributed by atoms with Gasteiger partial charge in [-0.15, -0.1) is 0 Å². The Morgan fingerprint density at radius 2 is 2.03 bits per heavy atom. The van der Waals surface area contributed by atoms with Gasteiger partial charge in [0, 0.05) is 38.6 Å². The molecule has 4 heterocycles. The van der Waals surface area contributed by atoms with Gasteiger partial charge in [-0.3, -0.25) is 4.79 Å². The molecule has 1 aliphatic carbocycles. The molecule has 2 fully saturated rings. The topological polar surface area (TPSA) is 105 Å². The summed E-state index contributed by atoms with van der Waals surface area (Å²) >= 11 is 6.43. The first-order valence-electron chi connectivity index (χ1n) is 10.8. The molecule has 164 valence electrons. The van der Waals surface area contributed by atoms with Crippen molar-refractivity contribution in [2.75, 3.05) is 36.5 Å². The molecule has 6 rings (SSSR count). The number of imidazole rings is 1. The minimum Gasteiger partial charge on any atom is -0.357 e. The number of hydrogen-bond acceptors (Lipinski definition) is 8. The minimum atomic E-state index is -0.198. The van der Waals surface area contributed by atoms with Crippen LogP contribution in [0, 0.1) is 5.92 Å². The second-order valence-electron chi connectivity index (χ2n) is 8.19. The SMILES string of the molecule is O=c1c2c(Cl)cccc2nc(C(Nc2ncnn3ccnc23)C2CC2)n1N1CCNCC1. The third-order valence-corrected chi connectivity index (χ3v) is 6.40. The van der Waals surface area contributed by atoms with Crippen LogP contribution in [0.1, 0.15) is 24.7 Å². The number of rotatable bonds is 5. The van der Waals surface area contributed by atoms with E-state index in [1.807, 2.05) is 12.1 Å². The third-order valence-electron chi connectivity index (χ3n) is 6.09. The van der Waals surface area contributed by atoms with Crippen molar-refractivity contribution in [3.63, 3.8) is 0 Å². The fourth-order valence-corrected chi connectivity index (χ4v) is 4.60. The van der Waals surface area contributed by atoms with Gasteiger partial charge in [-0.2, -0.15) is 5.10 Å². The third kappa shape index (κ3) is 3.26. The Balaban J connectivity index is 1.54. The molecule has 11 heteroatoms. The number of hydrogen-bond donors (Lipinski definition) is 2. The predicted octanol–water partition coefficient (Wildman–Crippen LogP) is 1.59. The molecule has 3 aromatic heterocycles. The number of nitrogens with zero attached hydrogens (tertiary/aromatic N) is 7. The Kier molecular flexibility index (Phi) is 4.69. The number of piperazine rings is 1. The number of halogens is 1. The van der Waals surface area contributed by atoms with Crippen molar-refractivity contribution in [2.45, 2.75) is 18.9 Å². The van der Waals surface area contributed by atoms with E-state index in [4.69, 9.17) is 16.6 Å². The zero-order valence-corrected chi connectivity index (χ0v) is 18.0. The van der Waals surface area contributed by atoms with E-state index in [2.05, 4.69) is 30.7 Å². The molecule has 1 atom stereocenters. The van der Waals surface area contributed by atoms with E-state index in [1.54, 1.807) is 27.7 Å². The summed E-state index contributed by atoms with van der Waals surface area (Å²) in [5.41, 5.74) is 1.10. The molecule has 0 radical (unpaired) electrons. The Morgan fingerprint density at radius 1 is 1.19 bits per heavy atom. The van der Waals surface area contributed by atoms with Gasteiger partial charge in [-0.1, -0.05) is 17.7 Å². The molecule has 2 N–H and O–H groups in total. The molecule has 0 bridgehead atoms. The second-order valence-corrected chi connectivity index (χ2v) is 8.60. The highest BCUT2D eigenvalue weighted by Gasteiger charge is 2.37. The molecule has 10 nitrogen and oxygen atoms in total. The van der Waals surface area contributed by atoms with Gasteiger partial charge in [-0.25, -0.2) is 24.1 Å². The van der Waals surface area contributed by atoms with E-state index in [0.29, 0.717) is 52.2 Å². The summed E-state index contributed by atoms with van der Waals surface area (Å²) in [4.78, 5) is 27.5. The maximum Gasteiger partial charge on any atom is 0.281 e. The molecule has 0 amide bonds. The van der Waals surface area contributed by atoms with Crippen molar-refractivity contribution in [3.05, 3.63) is 58.1 Å². The van der Waals surface area contributed by atoms with Crippen LogP contribution in [0.3, 0.4) is 0 Å². The highest BCUT2D eigenvalue weighted by molar-refractivity contribution is 6.35. The van der Waals surface area contributed by atoms with E-state index >= 15 is 0 Å². The molecule has 4 aromatic rings. The Morgan fingerprint density at radius 3 is 2.84 bits per heavy atom. The van der Waals surface area contributed by atoms with Gasteiger partial charge in [0.15, 0.2) is 17.3 Å². The first kappa shape index (κ1) is 19.4. The smallest absolute Gasteiger partial charge is 0.281 e. The van der Waals surface area contributed by atoms with Gasteiger partial charge < -0.3 is 15.6 Å². The molecule has 1 saturated heterocycles. The van der Waals surface area contributed by atoms with Gasteiger partial charge in [-0.05, 0) is 30.9 Å². The summed E-state index contributed by atoms with van der Waals surface area (Å²) < 4.78 is 3.41. The highest BCUT2D eigenvalue weighted by atomic mass is 35.5. The lowest BCUT2D eigenvalue weighted by molar-refractivity contribution is 0.450. The van der Waals surface area contributed by atoms with E-state index in [1.165, 1.54) is 6.33 Å². The summed E-state index contributed by atoms with van der Waals surface area (Å²) in [6.45, 7) is 3.02. The Labute approximate surface area is 188 Å². The first-order valence-corrected chi connectivity index (χ1v) is 11.2. The lowest BCUT2D eigenvalue weighted by Crippen LogP contribution is -2.54. The van der Waals surface area contributed by atoms with Gasteiger partial charge >= 0.3 is 0 Å². The maximum atomic E-state index is 13.7. The van der Waals surface area contributed by atoms with Crippen molar-refractivity contribution >= 4 is 34.0 Å². The van der Waals surface area contributed by atoms with Crippen LogP contribution in [-0.4, -0.2) is 55.4 Å². The molecule has 1 unspecified atom stereocenters. The predicted molar refractivity (Wildman–Crippen MR) is 122 cm³/mol. The normalized spacial score (nSPS) is 17.7. The standard InChI is InChI=1S/C21H22ClN9O/c22-14-2-1-3-15-16(14)21(32)31(29-9-6-23-7-10-29)19(27-15)17(13-4-5-13)28-18-20-24-8-11-30(20)26-12-25-18/h1-3,8,11-13,17,23H,4-7,9-10H2,(H,25,26,28).